The first-order valence-electron chi connectivity index (χ1n) is 6.76. The van der Waals surface area contributed by atoms with Crippen molar-refractivity contribution in [3.05, 3.63) is 42.4 Å². The van der Waals surface area contributed by atoms with Gasteiger partial charge in [-0.1, -0.05) is 18.2 Å². The van der Waals surface area contributed by atoms with E-state index in [0.29, 0.717) is 5.82 Å². The maximum absolute atomic E-state index is 5.89. The van der Waals surface area contributed by atoms with Gasteiger partial charge in [-0.25, -0.2) is 9.97 Å². The van der Waals surface area contributed by atoms with Crippen LogP contribution in [0.1, 0.15) is 12.1 Å². The van der Waals surface area contributed by atoms with E-state index in [1.54, 1.807) is 6.20 Å². The first kappa shape index (κ1) is 15.3. The fourth-order valence-corrected chi connectivity index (χ4v) is 2.33. The van der Waals surface area contributed by atoms with E-state index in [1.165, 1.54) is 0 Å². The van der Waals surface area contributed by atoms with Gasteiger partial charge >= 0.3 is 0 Å². The van der Waals surface area contributed by atoms with Crippen LogP contribution in [-0.4, -0.2) is 21.5 Å². The van der Waals surface area contributed by atoms with Gasteiger partial charge in [0.1, 0.15) is 5.82 Å². The maximum atomic E-state index is 5.89. The molecule has 3 rings (SSSR count). The van der Waals surface area contributed by atoms with Crippen molar-refractivity contribution in [1.29, 1.82) is 0 Å². The van der Waals surface area contributed by atoms with Crippen LogP contribution in [-0.2, 0) is 6.42 Å². The molecule has 6 N–H and O–H groups in total. The van der Waals surface area contributed by atoms with Crippen molar-refractivity contribution in [3.63, 3.8) is 0 Å². The van der Waals surface area contributed by atoms with Gasteiger partial charge in [0.05, 0.1) is 24.1 Å². The van der Waals surface area contributed by atoms with Gasteiger partial charge in [-0.3, -0.25) is 0 Å². The molecule has 0 aliphatic rings. The third kappa shape index (κ3) is 2.99. The number of para-hydroxylation sites is 1. The Hall–Kier alpha value is -2.11. The Morgan fingerprint density at radius 3 is 2.86 bits per heavy atom. The number of aromatic amines is 1. The zero-order valence-corrected chi connectivity index (χ0v) is 12.4. The van der Waals surface area contributed by atoms with E-state index >= 15 is 0 Å². The van der Waals surface area contributed by atoms with E-state index in [9.17, 15) is 0 Å². The Morgan fingerprint density at radius 1 is 1.24 bits per heavy atom. The smallest absolute Gasteiger partial charge is 0.145 e. The number of halogens is 1. The van der Waals surface area contributed by atoms with Gasteiger partial charge in [-0.15, -0.1) is 0 Å². The Bertz CT molecular complexity index is 738. The molecule has 1 aromatic carbocycles. The summed E-state index contributed by atoms with van der Waals surface area (Å²) < 4.78 is 0. The topological polar surface area (TPSA) is 95.2 Å². The standard InChI is InChI=1S/C15H17N5.ClH/c16-7-3-6-13-15(17)19-9-14(20-13)11-8-18-12-5-2-1-4-10(11)12;/h1-2,4-5,8-9,18H,3,6-7,16H2,(H2,17,19);1H. The van der Waals surface area contributed by atoms with Crippen molar-refractivity contribution in [1.82, 2.24) is 15.0 Å². The van der Waals surface area contributed by atoms with Crippen LogP contribution in [0.25, 0.3) is 22.2 Å². The van der Waals surface area contributed by atoms with Crippen LogP contribution in [0.15, 0.2) is 36.7 Å². The van der Waals surface area contributed by atoms with Gasteiger partial charge in [0, 0.05) is 29.1 Å². The van der Waals surface area contributed by atoms with Gasteiger partial charge in [-0.05, 0) is 12.5 Å². The molecule has 21 heavy (non-hydrogen) atoms. The summed E-state index contributed by atoms with van der Waals surface area (Å²) >= 11 is 0. The quantitative estimate of drug-likeness (QED) is 0.541. The van der Waals surface area contributed by atoms with E-state index in [0.717, 1.165) is 47.2 Å². The van der Waals surface area contributed by atoms with E-state index in [2.05, 4.69) is 26.8 Å². The summed E-state index contributed by atoms with van der Waals surface area (Å²) in [5, 5.41) is 1.15. The summed E-state index contributed by atoms with van der Waals surface area (Å²) in [6, 6.07) is 8.16. The molecule has 0 amide bonds. The Kier molecular flexibility index (Phi) is 4.77. The van der Waals surface area contributed by atoms with E-state index in [-0.39, 0.29) is 12.4 Å². The van der Waals surface area contributed by atoms with Crippen molar-refractivity contribution in [2.45, 2.75) is 12.8 Å². The minimum atomic E-state index is 0. The van der Waals surface area contributed by atoms with E-state index in [1.807, 2.05) is 24.4 Å². The number of nitrogens with zero attached hydrogens (tertiary/aromatic N) is 2. The highest BCUT2D eigenvalue weighted by molar-refractivity contribution is 5.94. The molecule has 2 aromatic heterocycles. The molecule has 0 saturated carbocycles. The first-order chi connectivity index (χ1) is 9.79. The second-order valence-corrected chi connectivity index (χ2v) is 4.79. The lowest BCUT2D eigenvalue weighted by Crippen LogP contribution is -3.00. The number of quaternary nitrogens is 1. The summed E-state index contributed by atoms with van der Waals surface area (Å²) in [4.78, 5) is 12.2. The average Bonchev–Trinajstić information content (AvgIpc) is 2.90. The SMILES string of the molecule is Nc1ncc(-c2c[nH]c3ccccc23)nc1CCC[NH3+].[Cl-]. The average molecular weight is 304 g/mol. The number of aryl methyl sites for hydroxylation is 1. The molecule has 0 atom stereocenters. The highest BCUT2D eigenvalue weighted by atomic mass is 35.5. The highest BCUT2D eigenvalue weighted by Gasteiger charge is 2.10. The fourth-order valence-electron chi connectivity index (χ4n) is 2.33. The summed E-state index contributed by atoms with van der Waals surface area (Å²) in [7, 11) is 0. The minimum Gasteiger partial charge on any atom is -1.00 e. The number of nitrogen functional groups attached to an aromatic ring is 1. The number of H-pyrrole nitrogens is 1. The summed E-state index contributed by atoms with van der Waals surface area (Å²) in [6.45, 7) is 0.873. The normalized spacial score (nSPS) is 10.5. The molecule has 0 unspecified atom stereocenters. The highest BCUT2D eigenvalue weighted by Crippen LogP contribution is 2.27. The lowest BCUT2D eigenvalue weighted by molar-refractivity contribution is -0.368. The second-order valence-electron chi connectivity index (χ2n) is 4.79. The van der Waals surface area contributed by atoms with Gasteiger partial charge in [-0.2, -0.15) is 0 Å². The first-order valence-corrected chi connectivity index (χ1v) is 6.76. The zero-order chi connectivity index (χ0) is 13.9. The summed E-state index contributed by atoms with van der Waals surface area (Å²) in [5.74, 6) is 0.516. The molecule has 0 aliphatic heterocycles. The molecule has 0 aliphatic carbocycles. The van der Waals surface area contributed by atoms with Crippen LogP contribution in [0.4, 0.5) is 5.82 Å². The Balaban J connectivity index is 0.00000161. The summed E-state index contributed by atoms with van der Waals surface area (Å²) in [6.07, 6.45) is 5.49. The van der Waals surface area contributed by atoms with Crippen LogP contribution in [0, 0.1) is 0 Å². The Labute approximate surface area is 129 Å². The molecule has 0 bridgehead atoms. The van der Waals surface area contributed by atoms with Gasteiger partial charge in [0.2, 0.25) is 0 Å². The monoisotopic (exact) mass is 303 g/mol. The predicted molar refractivity (Wildman–Crippen MR) is 79.8 cm³/mol. The van der Waals surface area contributed by atoms with Crippen molar-refractivity contribution in [2.75, 3.05) is 12.3 Å². The number of hydrogen-bond acceptors (Lipinski definition) is 3. The van der Waals surface area contributed by atoms with Crippen molar-refractivity contribution >= 4 is 16.7 Å². The van der Waals surface area contributed by atoms with Gasteiger partial charge < -0.3 is 28.9 Å². The van der Waals surface area contributed by atoms with Crippen LogP contribution in [0.5, 0.6) is 0 Å². The molecule has 110 valence electrons. The maximum Gasteiger partial charge on any atom is 0.145 e. The third-order valence-corrected chi connectivity index (χ3v) is 3.41. The van der Waals surface area contributed by atoms with Gasteiger partial charge in [0.25, 0.3) is 0 Å². The molecule has 0 fully saturated rings. The van der Waals surface area contributed by atoms with Crippen molar-refractivity contribution in [3.8, 4) is 11.3 Å². The van der Waals surface area contributed by atoms with E-state index in [4.69, 9.17) is 5.73 Å². The molecule has 0 radical (unpaired) electrons. The second kappa shape index (κ2) is 6.56. The van der Waals surface area contributed by atoms with Gasteiger partial charge in [0.15, 0.2) is 0 Å². The number of hydrogen-bond donors (Lipinski definition) is 3. The van der Waals surface area contributed by atoms with Crippen LogP contribution in [0.3, 0.4) is 0 Å². The Morgan fingerprint density at radius 2 is 2.05 bits per heavy atom. The predicted octanol–water partition coefficient (Wildman–Crippen LogP) is -1.61. The molecule has 2 heterocycles. The summed E-state index contributed by atoms with van der Waals surface area (Å²) in [5.41, 5.74) is 13.6. The third-order valence-electron chi connectivity index (χ3n) is 3.41. The van der Waals surface area contributed by atoms with Crippen LogP contribution < -0.4 is 23.9 Å². The number of rotatable bonds is 4. The largest absolute Gasteiger partial charge is 1.00 e. The molecular formula is C15H18ClN5. The molecule has 3 aromatic rings. The number of benzene rings is 1. The van der Waals surface area contributed by atoms with Crippen LogP contribution >= 0.6 is 0 Å². The van der Waals surface area contributed by atoms with E-state index < -0.39 is 0 Å². The zero-order valence-electron chi connectivity index (χ0n) is 11.6. The van der Waals surface area contributed by atoms with Crippen molar-refractivity contribution in [2.24, 2.45) is 0 Å². The minimum absolute atomic E-state index is 0. The molecule has 0 saturated heterocycles. The molecule has 0 spiro atoms. The lowest BCUT2D eigenvalue weighted by atomic mass is 10.1. The van der Waals surface area contributed by atoms with Crippen LogP contribution in [0.2, 0.25) is 0 Å². The molecule has 6 heteroatoms. The number of nitrogens with two attached hydrogens (primary N) is 1. The number of anilines is 1. The fraction of sp³-hybridized carbons (Fsp3) is 0.200. The van der Waals surface area contributed by atoms with Crippen molar-refractivity contribution < 1.29 is 18.1 Å². The molecule has 5 nitrogen and oxygen atoms in total. The number of aromatic nitrogens is 3. The number of nitrogens with one attached hydrogen (secondary N) is 1. The molecular weight excluding hydrogens is 286 g/mol. The number of fused-ring (bicyclic) bond motifs is 1. The lowest BCUT2D eigenvalue weighted by Gasteiger charge is -2.05.